The number of nitrogens with zero attached hydrogens (tertiary/aromatic N) is 1. The largest absolute Gasteiger partial charge is 0.478 e. The fraction of sp³-hybridized carbons (Fsp3) is 0.783. The van der Waals surface area contributed by atoms with E-state index in [-0.39, 0.29) is 23.3 Å². The Labute approximate surface area is 187 Å². The van der Waals surface area contributed by atoms with Crippen LogP contribution in [-0.2, 0) is 14.4 Å². The van der Waals surface area contributed by atoms with E-state index in [1.165, 1.54) is 11.8 Å². The number of likely N-dealkylation sites (N-methyl/N-ethyl adjacent to an activating group) is 2. The molecular weight excluding hydrogens is 398 g/mol. The molecule has 3 atom stereocenters. The molecule has 0 spiro atoms. The summed E-state index contributed by atoms with van der Waals surface area (Å²) in [4.78, 5) is 39.5. The van der Waals surface area contributed by atoms with Crippen molar-refractivity contribution in [3.63, 3.8) is 0 Å². The number of hydrogen-bond acceptors (Lipinski definition) is 5. The van der Waals surface area contributed by atoms with Crippen LogP contribution in [0.15, 0.2) is 11.6 Å². The number of carboxylic acids is 1. The highest BCUT2D eigenvalue weighted by molar-refractivity contribution is 5.93. The highest BCUT2D eigenvalue weighted by Gasteiger charge is 2.43. The smallest absolute Gasteiger partial charge is 0.331 e. The molecule has 1 unspecified atom stereocenters. The second kappa shape index (κ2) is 11.6. The highest BCUT2D eigenvalue weighted by Crippen LogP contribution is 2.25. The number of carbonyl (C=O) groups is 3. The molecule has 4 N–H and O–H groups in total. The summed E-state index contributed by atoms with van der Waals surface area (Å²) in [5, 5.41) is 25.0. The van der Waals surface area contributed by atoms with E-state index in [9.17, 15) is 24.6 Å². The lowest BCUT2D eigenvalue weighted by atomic mass is 9.83. The number of aliphatic carboxylic acids is 1. The molecule has 0 aromatic heterocycles. The SMILES string of the molecule is CNC(CO)(CC(C)C)C(=O)N[C@H](C(=O)N(C)[C@H](/C=C(\C)C(=O)O)C(C)C)C(C)(C)C. The van der Waals surface area contributed by atoms with E-state index in [4.69, 9.17) is 0 Å². The average Bonchev–Trinajstić information content (AvgIpc) is 2.65. The fourth-order valence-electron chi connectivity index (χ4n) is 3.57. The zero-order valence-corrected chi connectivity index (χ0v) is 20.9. The zero-order valence-electron chi connectivity index (χ0n) is 20.9. The fourth-order valence-corrected chi connectivity index (χ4v) is 3.57. The van der Waals surface area contributed by atoms with Gasteiger partial charge in [-0.2, -0.15) is 0 Å². The third-order valence-corrected chi connectivity index (χ3v) is 5.56. The lowest BCUT2D eigenvalue weighted by Crippen LogP contribution is -2.64. The van der Waals surface area contributed by atoms with Crippen LogP contribution >= 0.6 is 0 Å². The molecule has 0 aromatic carbocycles. The van der Waals surface area contributed by atoms with E-state index in [0.29, 0.717) is 6.42 Å². The van der Waals surface area contributed by atoms with E-state index in [2.05, 4.69) is 10.6 Å². The van der Waals surface area contributed by atoms with E-state index < -0.39 is 41.5 Å². The van der Waals surface area contributed by atoms with Crippen molar-refractivity contribution in [2.24, 2.45) is 17.3 Å². The normalized spacial score (nSPS) is 16.6. The van der Waals surface area contributed by atoms with Crippen molar-refractivity contribution in [3.8, 4) is 0 Å². The molecule has 0 saturated carbocycles. The first-order chi connectivity index (χ1) is 14.0. The van der Waals surface area contributed by atoms with E-state index in [0.717, 1.165) is 0 Å². The number of rotatable bonds is 11. The first-order valence-electron chi connectivity index (χ1n) is 10.8. The molecule has 0 aromatic rings. The quantitative estimate of drug-likeness (QED) is 0.364. The van der Waals surface area contributed by atoms with Gasteiger partial charge in [0.2, 0.25) is 11.8 Å². The van der Waals surface area contributed by atoms with E-state index in [1.807, 2.05) is 48.5 Å². The van der Waals surface area contributed by atoms with Crippen LogP contribution in [0, 0.1) is 17.3 Å². The van der Waals surface area contributed by atoms with Crippen LogP contribution < -0.4 is 10.6 Å². The van der Waals surface area contributed by atoms with E-state index in [1.54, 1.807) is 20.2 Å². The van der Waals surface area contributed by atoms with Gasteiger partial charge in [-0.05, 0) is 37.6 Å². The summed E-state index contributed by atoms with van der Waals surface area (Å²) >= 11 is 0. The summed E-state index contributed by atoms with van der Waals surface area (Å²) < 4.78 is 0. The Balaban J connectivity index is 6.04. The van der Waals surface area contributed by atoms with Crippen LogP contribution in [0.2, 0.25) is 0 Å². The van der Waals surface area contributed by atoms with Crippen molar-refractivity contribution in [3.05, 3.63) is 11.6 Å². The molecule has 0 aliphatic carbocycles. The average molecular weight is 442 g/mol. The maximum absolute atomic E-state index is 13.5. The van der Waals surface area contributed by atoms with Gasteiger partial charge in [-0.25, -0.2) is 4.79 Å². The number of aliphatic hydroxyl groups excluding tert-OH is 1. The highest BCUT2D eigenvalue weighted by atomic mass is 16.4. The van der Waals surface area contributed by atoms with Gasteiger partial charge in [0, 0.05) is 12.6 Å². The molecule has 0 fully saturated rings. The Morgan fingerprint density at radius 3 is 1.94 bits per heavy atom. The molecule has 0 rings (SSSR count). The molecule has 0 bridgehead atoms. The van der Waals surface area contributed by atoms with Crippen molar-refractivity contribution < 1.29 is 24.6 Å². The molecule has 0 aliphatic rings. The van der Waals surface area contributed by atoms with Gasteiger partial charge in [0.05, 0.1) is 12.6 Å². The number of nitrogens with one attached hydrogen (secondary N) is 2. The topological polar surface area (TPSA) is 119 Å². The van der Waals surface area contributed by atoms with Crippen molar-refractivity contribution >= 4 is 17.8 Å². The van der Waals surface area contributed by atoms with Crippen LogP contribution in [0.5, 0.6) is 0 Å². The van der Waals surface area contributed by atoms with Crippen LogP contribution in [0.25, 0.3) is 0 Å². The third kappa shape index (κ3) is 7.92. The summed E-state index contributed by atoms with van der Waals surface area (Å²) in [5.41, 5.74) is -1.66. The predicted molar refractivity (Wildman–Crippen MR) is 123 cm³/mol. The molecule has 31 heavy (non-hydrogen) atoms. The molecule has 0 radical (unpaired) electrons. The Kier molecular flexibility index (Phi) is 10.9. The van der Waals surface area contributed by atoms with Gasteiger partial charge < -0.3 is 25.7 Å². The minimum atomic E-state index is -1.20. The lowest BCUT2D eigenvalue weighted by Gasteiger charge is -2.40. The van der Waals surface area contributed by atoms with Gasteiger partial charge in [0.1, 0.15) is 11.6 Å². The van der Waals surface area contributed by atoms with Crippen molar-refractivity contribution in [2.75, 3.05) is 20.7 Å². The van der Waals surface area contributed by atoms with Crippen LogP contribution in [0.3, 0.4) is 0 Å². The minimum absolute atomic E-state index is 0.0330. The Morgan fingerprint density at radius 1 is 1.10 bits per heavy atom. The van der Waals surface area contributed by atoms with Gasteiger partial charge in [0.25, 0.3) is 0 Å². The molecular formula is C23H43N3O5. The monoisotopic (exact) mass is 441 g/mol. The second-order valence-electron chi connectivity index (χ2n) is 10.2. The van der Waals surface area contributed by atoms with Gasteiger partial charge >= 0.3 is 5.97 Å². The molecule has 0 saturated heterocycles. The van der Waals surface area contributed by atoms with Gasteiger partial charge in [-0.15, -0.1) is 0 Å². The summed E-state index contributed by atoms with van der Waals surface area (Å²) in [6, 6.07) is -1.32. The number of hydrogen-bond donors (Lipinski definition) is 4. The van der Waals surface area contributed by atoms with Crippen molar-refractivity contribution in [2.45, 2.75) is 79.4 Å². The first-order valence-corrected chi connectivity index (χ1v) is 10.8. The van der Waals surface area contributed by atoms with Gasteiger partial charge in [-0.1, -0.05) is 54.5 Å². The van der Waals surface area contributed by atoms with Crippen LogP contribution in [0.4, 0.5) is 0 Å². The second-order valence-corrected chi connectivity index (χ2v) is 10.2. The summed E-state index contributed by atoms with van der Waals surface area (Å²) in [6.45, 7) is 14.4. The molecule has 2 amide bonds. The van der Waals surface area contributed by atoms with Crippen LogP contribution in [0.1, 0.15) is 61.8 Å². The molecule has 8 nitrogen and oxygen atoms in total. The maximum atomic E-state index is 13.5. The summed E-state index contributed by atoms with van der Waals surface area (Å²) in [7, 11) is 3.24. The Morgan fingerprint density at radius 2 is 1.61 bits per heavy atom. The predicted octanol–water partition coefficient (Wildman–Crippen LogP) is 2.03. The zero-order chi connectivity index (χ0) is 24.7. The number of amides is 2. The third-order valence-electron chi connectivity index (χ3n) is 5.56. The van der Waals surface area contributed by atoms with Crippen molar-refractivity contribution in [1.82, 2.24) is 15.5 Å². The van der Waals surface area contributed by atoms with Gasteiger partial charge in [-0.3, -0.25) is 9.59 Å². The number of aliphatic hydroxyl groups is 1. The van der Waals surface area contributed by atoms with Crippen LogP contribution in [-0.4, -0.2) is 71.2 Å². The minimum Gasteiger partial charge on any atom is -0.478 e. The summed E-state index contributed by atoms with van der Waals surface area (Å²) in [6.07, 6.45) is 1.97. The molecule has 180 valence electrons. The number of carboxylic acid groups (broad SMARTS) is 1. The first kappa shape index (κ1) is 29.1. The lowest BCUT2D eigenvalue weighted by molar-refractivity contribution is -0.142. The molecule has 0 aliphatic heterocycles. The Hall–Kier alpha value is -1.93. The maximum Gasteiger partial charge on any atom is 0.331 e. The Bertz CT molecular complexity index is 661. The van der Waals surface area contributed by atoms with Crippen molar-refractivity contribution in [1.29, 1.82) is 0 Å². The van der Waals surface area contributed by atoms with E-state index >= 15 is 0 Å². The standard InChI is InChI=1S/C23H43N3O5/c1-14(2)12-23(13-27,24-9)21(31)25-18(22(6,7)8)19(28)26(10)17(15(3)4)11-16(5)20(29)30/h11,14-15,17-18,24,27H,12-13H2,1-10H3,(H,25,31)(H,29,30)/b16-11+/t17-,18-,23?/m1/s1. The molecule has 8 heteroatoms. The number of carbonyl (C=O) groups excluding carboxylic acids is 2. The summed E-state index contributed by atoms with van der Waals surface area (Å²) in [5.74, 6) is -1.68. The van der Waals surface area contributed by atoms with Gasteiger partial charge in [0.15, 0.2) is 0 Å². The molecule has 0 heterocycles.